The van der Waals surface area contributed by atoms with Crippen LogP contribution in [-0.2, 0) is 5.41 Å². The summed E-state index contributed by atoms with van der Waals surface area (Å²) >= 11 is 0. The van der Waals surface area contributed by atoms with Gasteiger partial charge in [-0.3, -0.25) is 0 Å². The number of nitrogens with two attached hydrogens (primary N) is 4. The van der Waals surface area contributed by atoms with Crippen LogP contribution in [0.25, 0.3) is 0 Å². The second kappa shape index (κ2) is 9.84. The second-order valence-electron chi connectivity index (χ2n) is 10.8. The van der Waals surface area contributed by atoms with Crippen molar-refractivity contribution in [2.45, 2.75) is 82.2 Å². The van der Waals surface area contributed by atoms with Crippen molar-refractivity contribution < 1.29 is 0 Å². The molecule has 0 aliphatic heterocycles. The summed E-state index contributed by atoms with van der Waals surface area (Å²) in [6.07, 6.45) is 10.8. The summed E-state index contributed by atoms with van der Waals surface area (Å²) in [4.78, 5) is 0. The lowest BCUT2D eigenvalue weighted by atomic mass is 9.61. The van der Waals surface area contributed by atoms with E-state index in [1.807, 2.05) is 24.3 Å². The van der Waals surface area contributed by atoms with Crippen LogP contribution in [0.5, 0.6) is 0 Å². The largest absolute Gasteiger partial charge is 0.399 e. The molecule has 2 fully saturated rings. The van der Waals surface area contributed by atoms with E-state index in [2.05, 4.69) is 31.2 Å². The molecule has 0 amide bonds. The molecule has 2 aliphatic rings. The molecule has 2 aromatic carbocycles. The summed E-state index contributed by atoms with van der Waals surface area (Å²) in [5.74, 6) is 2.17. The maximum Gasteiger partial charge on any atom is 0.0314 e. The van der Waals surface area contributed by atoms with Crippen molar-refractivity contribution in [3.8, 4) is 0 Å². The van der Waals surface area contributed by atoms with Crippen LogP contribution in [0, 0.1) is 17.8 Å². The topological polar surface area (TPSA) is 104 Å². The van der Waals surface area contributed by atoms with E-state index >= 15 is 0 Å². The van der Waals surface area contributed by atoms with Crippen molar-refractivity contribution >= 4 is 11.4 Å². The van der Waals surface area contributed by atoms with Gasteiger partial charge in [-0.05, 0) is 111 Å². The zero-order valence-electron chi connectivity index (χ0n) is 19.7. The van der Waals surface area contributed by atoms with Crippen molar-refractivity contribution in [3.63, 3.8) is 0 Å². The number of nitrogen functional groups attached to an aromatic ring is 2. The van der Waals surface area contributed by atoms with Crippen LogP contribution in [0.15, 0.2) is 48.5 Å². The zero-order chi connectivity index (χ0) is 22.7. The average molecular weight is 435 g/mol. The Morgan fingerprint density at radius 2 is 1.00 bits per heavy atom. The second-order valence-corrected chi connectivity index (χ2v) is 10.8. The van der Waals surface area contributed by atoms with Crippen molar-refractivity contribution in [2.24, 2.45) is 29.2 Å². The summed E-state index contributed by atoms with van der Waals surface area (Å²) in [5.41, 5.74) is 28.9. The minimum atomic E-state index is -0.0921. The molecular formula is C28H42N4. The molecule has 0 spiro atoms. The molecule has 2 aromatic rings. The molecule has 4 rings (SSSR count). The van der Waals surface area contributed by atoms with Crippen molar-refractivity contribution in [1.82, 2.24) is 0 Å². The quantitative estimate of drug-likeness (QED) is 0.469. The Hall–Kier alpha value is -2.04. The molecule has 8 N–H and O–H groups in total. The Balaban J connectivity index is 1.70. The van der Waals surface area contributed by atoms with E-state index < -0.39 is 0 Å². The Kier molecular flexibility index (Phi) is 7.11. The van der Waals surface area contributed by atoms with E-state index in [0.29, 0.717) is 18.0 Å². The standard InChI is InChI=1S/C28H42N4/c1-28(21-6-14-25(31)15-7-21,22-8-16-26(32)17-9-22)18-27(19-2-10-23(29)11-3-19)20-4-12-24(30)13-5-20/h6-9,14-17,19-20,23-24,27H,2-5,10-13,18,29-32H2,1H3. The molecule has 0 unspecified atom stereocenters. The van der Waals surface area contributed by atoms with Gasteiger partial charge in [0, 0.05) is 28.9 Å². The lowest BCUT2D eigenvalue weighted by Crippen LogP contribution is -2.39. The van der Waals surface area contributed by atoms with Gasteiger partial charge in [0.05, 0.1) is 0 Å². The van der Waals surface area contributed by atoms with Gasteiger partial charge in [-0.1, -0.05) is 31.2 Å². The van der Waals surface area contributed by atoms with Crippen LogP contribution < -0.4 is 22.9 Å². The van der Waals surface area contributed by atoms with E-state index in [0.717, 1.165) is 55.3 Å². The summed E-state index contributed by atoms with van der Waals surface area (Å²) in [6, 6.07) is 17.8. The predicted octanol–water partition coefficient (Wildman–Crippen LogP) is 5.20. The van der Waals surface area contributed by atoms with Crippen LogP contribution in [0.4, 0.5) is 11.4 Å². The fourth-order valence-electron chi connectivity index (χ4n) is 6.44. The van der Waals surface area contributed by atoms with Gasteiger partial charge in [-0.15, -0.1) is 0 Å². The fraction of sp³-hybridized carbons (Fsp3) is 0.571. The number of hydrogen-bond acceptors (Lipinski definition) is 4. The highest BCUT2D eigenvalue weighted by Gasteiger charge is 2.40. The van der Waals surface area contributed by atoms with Gasteiger partial charge >= 0.3 is 0 Å². The molecule has 174 valence electrons. The van der Waals surface area contributed by atoms with E-state index in [1.54, 1.807) is 0 Å². The van der Waals surface area contributed by atoms with E-state index in [1.165, 1.54) is 36.8 Å². The lowest BCUT2D eigenvalue weighted by molar-refractivity contribution is 0.109. The highest BCUT2D eigenvalue weighted by atomic mass is 14.6. The number of hydrogen-bond donors (Lipinski definition) is 4. The first-order valence-corrected chi connectivity index (χ1v) is 12.6. The highest BCUT2D eigenvalue weighted by molar-refractivity contribution is 5.48. The van der Waals surface area contributed by atoms with Gasteiger partial charge in [0.25, 0.3) is 0 Å². The van der Waals surface area contributed by atoms with Crippen LogP contribution in [0.1, 0.15) is 75.8 Å². The third kappa shape index (κ3) is 5.13. The van der Waals surface area contributed by atoms with Crippen LogP contribution in [0.3, 0.4) is 0 Å². The molecule has 4 nitrogen and oxygen atoms in total. The maximum absolute atomic E-state index is 6.29. The Morgan fingerprint density at radius 3 is 1.34 bits per heavy atom. The average Bonchev–Trinajstić information content (AvgIpc) is 2.79. The van der Waals surface area contributed by atoms with E-state index in [4.69, 9.17) is 22.9 Å². The zero-order valence-corrected chi connectivity index (χ0v) is 19.7. The Morgan fingerprint density at radius 1 is 0.656 bits per heavy atom. The summed E-state index contributed by atoms with van der Waals surface area (Å²) < 4.78 is 0. The first kappa shape index (κ1) is 23.1. The molecule has 0 heterocycles. The Labute approximate surface area is 194 Å². The van der Waals surface area contributed by atoms with Crippen molar-refractivity contribution in [2.75, 3.05) is 11.5 Å². The molecule has 0 bridgehead atoms. The minimum absolute atomic E-state index is 0.0921. The Bertz CT molecular complexity index is 777. The molecule has 0 atom stereocenters. The molecule has 4 heteroatoms. The van der Waals surface area contributed by atoms with Gasteiger partial charge in [-0.25, -0.2) is 0 Å². The van der Waals surface area contributed by atoms with E-state index in [9.17, 15) is 0 Å². The number of anilines is 2. The molecule has 0 saturated heterocycles. The predicted molar refractivity (Wildman–Crippen MR) is 136 cm³/mol. The number of benzene rings is 2. The molecule has 2 aliphatic carbocycles. The van der Waals surface area contributed by atoms with Crippen LogP contribution >= 0.6 is 0 Å². The summed E-state index contributed by atoms with van der Waals surface area (Å²) in [5, 5.41) is 0. The third-order valence-electron chi connectivity index (χ3n) is 8.58. The monoisotopic (exact) mass is 434 g/mol. The van der Waals surface area contributed by atoms with Gasteiger partial charge in [0.15, 0.2) is 0 Å². The van der Waals surface area contributed by atoms with Crippen LogP contribution in [-0.4, -0.2) is 12.1 Å². The first-order valence-electron chi connectivity index (χ1n) is 12.6. The van der Waals surface area contributed by atoms with Gasteiger partial charge in [0.1, 0.15) is 0 Å². The molecular weight excluding hydrogens is 392 g/mol. The fourth-order valence-corrected chi connectivity index (χ4v) is 6.44. The van der Waals surface area contributed by atoms with Crippen LogP contribution in [0.2, 0.25) is 0 Å². The normalized spacial score (nSPS) is 27.7. The summed E-state index contributed by atoms with van der Waals surface area (Å²) in [7, 11) is 0. The van der Waals surface area contributed by atoms with Gasteiger partial charge in [0.2, 0.25) is 0 Å². The molecule has 0 radical (unpaired) electrons. The lowest BCUT2D eigenvalue weighted by Gasteiger charge is -2.44. The molecule has 0 aromatic heterocycles. The molecule has 32 heavy (non-hydrogen) atoms. The molecule has 2 saturated carbocycles. The highest BCUT2D eigenvalue weighted by Crippen LogP contribution is 2.48. The van der Waals surface area contributed by atoms with Gasteiger partial charge < -0.3 is 22.9 Å². The smallest absolute Gasteiger partial charge is 0.0314 e. The summed E-state index contributed by atoms with van der Waals surface area (Å²) in [6.45, 7) is 2.42. The first-order chi connectivity index (χ1) is 15.3. The number of rotatable bonds is 6. The minimum Gasteiger partial charge on any atom is -0.399 e. The SMILES string of the molecule is CC(CC(C1CCC(N)CC1)C1CCC(N)CC1)(c1ccc(N)cc1)c1ccc(N)cc1. The maximum atomic E-state index is 6.29. The van der Waals surface area contributed by atoms with Gasteiger partial charge in [-0.2, -0.15) is 0 Å². The van der Waals surface area contributed by atoms with Crippen molar-refractivity contribution in [1.29, 1.82) is 0 Å². The van der Waals surface area contributed by atoms with E-state index in [-0.39, 0.29) is 5.41 Å². The third-order valence-corrected chi connectivity index (χ3v) is 8.58. The van der Waals surface area contributed by atoms with Crippen molar-refractivity contribution in [3.05, 3.63) is 59.7 Å².